The maximum absolute atomic E-state index is 9.95. The lowest BCUT2D eigenvalue weighted by molar-refractivity contribution is 1.09. The van der Waals surface area contributed by atoms with Gasteiger partial charge in [-0.3, -0.25) is 15.0 Å². The zero-order valence-corrected chi connectivity index (χ0v) is 21.5. The second kappa shape index (κ2) is 11.1. The quantitative estimate of drug-likeness (QED) is 0.223. The smallest absolute Gasteiger partial charge is 0.388 e. The fourth-order valence-electron chi connectivity index (χ4n) is 3.99. The average molecular weight is 564 g/mol. The van der Waals surface area contributed by atoms with E-state index in [0.717, 1.165) is 0 Å². The molecule has 5 rings (SSSR count). The Bertz CT molecular complexity index is 2350. The summed E-state index contributed by atoms with van der Waals surface area (Å²) in [5.41, 5.74) is -0.322. The second-order valence-corrected chi connectivity index (χ2v) is 8.12. The molecule has 0 saturated heterocycles. The lowest BCUT2D eigenvalue weighted by Crippen LogP contribution is -2.15. The molecular weight excluding hydrogens is 560 g/mol. The minimum Gasteiger partial charge on any atom is -0.388 e. The molecule has 16 nitrogen and oxygen atoms in total. The first-order chi connectivity index (χ1) is 21.4. The topological polar surface area (TPSA) is 216 Å². The zero-order valence-electron chi connectivity index (χ0n) is 21.5. The molecule has 1 aromatic carbocycles. The van der Waals surface area contributed by atoms with Crippen LogP contribution in [0.5, 0.6) is 0 Å². The monoisotopic (exact) mass is 564 g/mol. The van der Waals surface area contributed by atoms with E-state index in [1.54, 1.807) is 18.2 Å². The summed E-state index contributed by atoms with van der Waals surface area (Å²) in [5.74, 6) is -1.54. The van der Waals surface area contributed by atoms with Crippen molar-refractivity contribution in [2.45, 2.75) is 0 Å². The van der Waals surface area contributed by atoms with Crippen molar-refractivity contribution in [3.63, 3.8) is 0 Å². The third kappa shape index (κ3) is 4.48. The van der Waals surface area contributed by atoms with Crippen molar-refractivity contribution in [2.75, 3.05) is 0 Å². The summed E-state index contributed by atoms with van der Waals surface area (Å²) in [6.45, 7) is 29.7. The van der Waals surface area contributed by atoms with Gasteiger partial charge in [0.25, 0.3) is 11.6 Å². The molecule has 44 heavy (non-hydrogen) atoms. The van der Waals surface area contributed by atoms with Gasteiger partial charge in [0.1, 0.15) is 23.9 Å². The van der Waals surface area contributed by atoms with Gasteiger partial charge in [-0.1, -0.05) is 18.1 Å². The summed E-state index contributed by atoms with van der Waals surface area (Å²) in [7, 11) is 0. The molecule has 0 unspecified atom stereocenters. The average Bonchev–Trinajstić information content (AvgIpc) is 3.07. The first-order valence-corrected chi connectivity index (χ1v) is 11.6. The summed E-state index contributed by atoms with van der Waals surface area (Å²) in [6, 6.07) is 10.2. The summed E-state index contributed by atoms with van der Waals surface area (Å²) >= 11 is 0. The van der Waals surface area contributed by atoms with Gasteiger partial charge in [-0.2, -0.15) is 26.0 Å². The lowest BCUT2D eigenvalue weighted by atomic mass is 10.1. The van der Waals surface area contributed by atoms with Crippen molar-refractivity contribution in [3.8, 4) is 24.3 Å². The molecule has 5 aromatic rings. The Morgan fingerprint density at radius 2 is 1.20 bits per heavy atom. The van der Waals surface area contributed by atoms with Crippen LogP contribution >= 0.6 is 0 Å². The maximum Gasteiger partial charge on any atom is 0.395 e. The van der Waals surface area contributed by atoms with Gasteiger partial charge in [-0.05, 0) is 12.1 Å². The minimum absolute atomic E-state index is 0.00430. The SMILES string of the molecule is [C-]#[N+]/C(c1c(C#N)nc(C#N)nc1[N+]#[C-])=c1/cnc2cc3n/c(=C(\C#N)c4c(C#N)nc([N+]#[C-])nc4[N+]#[C-])cnc3cc2n1. The first kappa shape index (κ1) is 27.3. The Labute approximate surface area is 245 Å². The molecule has 0 aliphatic heterocycles. The molecule has 4 aromatic heterocycles. The number of aromatic nitrogens is 8. The number of rotatable bonds is 2. The van der Waals surface area contributed by atoms with Gasteiger partial charge in [0.15, 0.2) is 11.8 Å². The Morgan fingerprint density at radius 1 is 0.614 bits per heavy atom. The predicted molar refractivity (Wildman–Crippen MR) is 146 cm³/mol. The standard InChI is InChI=1S/C28H4N16/c1-33-25(24-19(9-31)41-22(10-32)43-27(24)35-3)21-12-38-15-5-16-14(6-17(15)40-21)37-11-20(39-16)13(7-29)23-18(8-30)42-28(36-4)44-26(23)34-2/h5-6,11-12H/b20-13+,25-21-. The zero-order chi connectivity index (χ0) is 31.4. The van der Waals surface area contributed by atoms with Crippen molar-refractivity contribution in [3.05, 3.63) is 109 Å². The van der Waals surface area contributed by atoms with E-state index in [1.165, 1.54) is 24.5 Å². The number of hydrogen-bond acceptors (Lipinski definition) is 12. The normalized spacial score (nSPS) is 11.3. The minimum atomic E-state index is -0.415. The molecular formula is C28H4N16. The Hall–Kier alpha value is -8.28. The van der Waals surface area contributed by atoms with E-state index >= 15 is 0 Å². The predicted octanol–water partition coefficient (Wildman–Crippen LogP) is 2.22. The van der Waals surface area contributed by atoms with Crippen molar-refractivity contribution < 1.29 is 0 Å². The first-order valence-electron chi connectivity index (χ1n) is 11.6. The van der Waals surface area contributed by atoms with Gasteiger partial charge < -0.3 is 14.5 Å². The molecule has 196 valence electrons. The molecule has 16 heteroatoms. The summed E-state index contributed by atoms with van der Waals surface area (Å²) in [5, 5.41) is 38.3. The van der Waals surface area contributed by atoms with E-state index in [4.69, 9.17) is 31.6 Å². The lowest BCUT2D eigenvalue weighted by Gasteiger charge is -2.05. The molecule has 0 N–H and O–H groups in total. The molecule has 0 amide bonds. The van der Waals surface area contributed by atoms with Gasteiger partial charge in [0, 0.05) is 11.8 Å². The molecule has 0 aliphatic carbocycles. The maximum atomic E-state index is 9.95. The molecule has 0 spiro atoms. The van der Waals surface area contributed by atoms with Gasteiger partial charge >= 0.3 is 11.8 Å². The van der Waals surface area contributed by atoms with Crippen LogP contribution in [0.2, 0.25) is 0 Å². The Morgan fingerprint density at radius 3 is 1.75 bits per heavy atom. The van der Waals surface area contributed by atoms with Gasteiger partial charge in [-0.25, -0.2) is 9.83 Å². The van der Waals surface area contributed by atoms with E-state index in [1.807, 2.05) is 6.07 Å². The van der Waals surface area contributed by atoms with E-state index < -0.39 is 11.8 Å². The van der Waals surface area contributed by atoms with E-state index in [0.29, 0.717) is 11.0 Å². The molecule has 0 saturated carbocycles. The highest BCUT2D eigenvalue weighted by Crippen LogP contribution is 2.29. The molecule has 0 fully saturated rings. The summed E-state index contributed by atoms with van der Waals surface area (Å²) in [6.07, 6.45) is 2.49. The number of nitriles is 4. The number of hydrogen-bond donors (Lipinski definition) is 0. The van der Waals surface area contributed by atoms with Crippen LogP contribution in [-0.2, 0) is 0 Å². The third-order valence-electron chi connectivity index (χ3n) is 5.81. The van der Waals surface area contributed by atoms with Crippen LogP contribution in [-0.4, -0.2) is 39.9 Å². The highest BCUT2D eigenvalue weighted by molar-refractivity contribution is 5.92. The van der Waals surface area contributed by atoms with Crippen LogP contribution < -0.4 is 10.7 Å². The van der Waals surface area contributed by atoms with Gasteiger partial charge in [0.05, 0.1) is 56.7 Å². The second-order valence-electron chi connectivity index (χ2n) is 8.12. The van der Waals surface area contributed by atoms with Crippen LogP contribution in [0.3, 0.4) is 0 Å². The Kier molecular flexibility index (Phi) is 6.87. The van der Waals surface area contributed by atoms with Gasteiger partial charge in [-0.15, -0.1) is 16.5 Å². The van der Waals surface area contributed by atoms with E-state index in [-0.39, 0.29) is 67.2 Å². The van der Waals surface area contributed by atoms with E-state index in [9.17, 15) is 15.8 Å². The molecule has 0 atom stereocenters. The van der Waals surface area contributed by atoms with Crippen molar-refractivity contribution in [2.24, 2.45) is 0 Å². The molecule has 0 radical (unpaired) electrons. The van der Waals surface area contributed by atoms with Crippen LogP contribution in [0.4, 0.5) is 17.6 Å². The Balaban J connectivity index is 1.76. The molecule has 0 aliphatic rings. The molecule has 0 bridgehead atoms. The van der Waals surface area contributed by atoms with Crippen molar-refractivity contribution >= 4 is 50.9 Å². The number of nitrogens with zero attached hydrogens (tertiary/aromatic N) is 16. The highest BCUT2D eigenvalue weighted by atomic mass is 15.1. The van der Waals surface area contributed by atoms with Crippen molar-refractivity contribution in [1.82, 2.24) is 39.9 Å². The third-order valence-corrected chi connectivity index (χ3v) is 5.81. The van der Waals surface area contributed by atoms with Crippen molar-refractivity contribution in [1.29, 1.82) is 21.0 Å². The fourth-order valence-corrected chi connectivity index (χ4v) is 3.99. The molecule has 4 heterocycles. The van der Waals surface area contributed by atoms with Crippen LogP contribution in [0, 0.1) is 71.6 Å². The highest BCUT2D eigenvalue weighted by Gasteiger charge is 2.23. The number of fused-ring (bicyclic) bond motifs is 2. The summed E-state index contributed by atoms with van der Waals surface area (Å²) < 4.78 is 0. The summed E-state index contributed by atoms with van der Waals surface area (Å²) in [4.78, 5) is 45.9. The number of benzene rings is 1. The van der Waals surface area contributed by atoms with Crippen LogP contribution in [0.1, 0.15) is 28.3 Å². The van der Waals surface area contributed by atoms with E-state index in [2.05, 4.69) is 59.3 Å². The van der Waals surface area contributed by atoms with Crippen LogP contribution in [0.15, 0.2) is 24.5 Å². The van der Waals surface area contributed by atoms with Crippen LogP contribution in [0.25, 0.3) is 52.7 Å². The largest absolute Gasteiger partial charge is 0.395 e. The van der Waals surface area contributed by atoms with Gasteiger partial charge in [0.2, 0.25) is 5.70 Å². The fraction of sp³-hybridized carbons (Fsp3) is 0.